The van der Waals surface area contributed by atoms with Gasteiger partial charge in [0.05, 0.1) is 9.82 Å². The number of hydrogen-bond acceptors (Lipinski definition) is 7. The van der Waals surface area contributed by atoms with Gasteiger partial charge in [-0.15, -0.1) is 23.7 Å². The molecule has 1 aliphatic rings. The monoisotopic (exact) mass is 428 g/mol. The second kappa shape index (κ2) is 9.50. The summed E-state index contributed by atoms with van der Waals surface area (Å²) in [5.41, 5.74) is 1.18. The quantitative estimate of drug-likeness (QED) is 0.576. The van der Waals surface area contributed by atoms with Gasteiger partial charge in [-0.05, 0) is 38.9 Å². The van der Waals surface area contributed by atoms with Gasteiger partial charge in [0.1, 0.15) is 0 Å². The van der Waals surface area contributed by atoms with Crippen molar-refractivity contribution in [3.63, 3.8) is 0 Å². The van der Waals surface area contributed by atoms with Gasteiger partial charge < -0.3 is 10.2 Å². The molecule has 1 aromatic heterocycles. The Morgan fingerprint density at radius 2 is 2.26 bits per heavy atom. The third kappa shape index (κ3) is 5.19. The summed E-state index contributed by atoms with van der Waals surface area (Å²) in [5.74, 6) is -0.158. The average Bonchev–Trinajstić information content (AvgIpc) is 3.06. The van der Waals surface area contributed by atoms with Gasteiger partial charge in [-0.1, -0.05) is 11.8 Å². The number of piperidine rings is 1. The first-order valence-corrected chi connectivity index (χ1v) is 10.0. The van der Waals surface area contributed by atoms with Crippen molar-refractivity contribution < 1.29 is 9.72 Å². The Kier molecular flexibility index (Phi) is 7.60. The molecular formula is C17H21ClN4O3S2. The Labute approximate surface area is 172 Å². The lowest BCUT2D eigenvalue weighted by atomic mass is 10.0. The molecule has 1 unspecified atom stereocenters. The molecule has 7 nitrogen and oxygen atoms in total. The molecule has 1 N–H and O–H groups in total. The number of nitrogens with one attached hydrogen (secondary N) is 1. The molecule has 10 heteroatoms. The van der Waals surface area contributed by atoms with Gasteiger partial charge in [-0.3, -0.25) is 14.9 Å². The van der Waals surface area contributed by atoms with Gasteiger partial charge in [0.15, 0.2) is 4.34 Å². The Morgan fingerprint density at radius 3 is 2.89 bits per heavy atom. The SMILES string of the molecule is CNC1CCCN(C(=O)c2ccc(Sc3nc(C)cs3)c([N+](=O)[O-])c2)C1.Cl. The minimum atomic E-state index is -0.438. The van der Waals surface area contributed by atoms with E-state index in [0.29, 0.717) is 23.5 Å². The molecule has 3 rings (SSSR count). The third-order valence-electron chi connectivity index (χ3n) is 4.31. The number of rotatable bonds is 5. The molecule has 0 radical (unpaired) electrons. The highest BCUT2D eigenvalue weighted by Gasteiger charge is 2.26. The maximum Gasteiger partial charge on any atom is 0.284 e. The average molecular weight is 429 g/mol. The summed E-state index contributed by atoms with van der Waals surface area (Å²) in [6.45, 7) is 3.19. The lowest BCUT2D eigenvalue weighted by molar-refractivity contribution is -0.387. The molecule has 1 fully saturated rings. The Bertz CT molecular complexity index is 830. The van der Waals surface area contributed by atoms with Crippen molar-refractivity contribution in [2.45, 2.75) is 35.0 Å². The van der Waals surface area contributed by atoms with Gasteiger partial charge >= 0.3 is 0 Å². The van der Waals surface area contributed by atoms with E-state index in [0.717, 1.165) is 22.9 Å². The Hall–Kier alpha value is -1.68. The van der Waals surface area contributed by atoms with E-state index in [1.165, 1.54) is 29.2 Å². The maximum absolute atomic E-state index is 12.8. The molecule has 0 saturated carbocycles. The molecule has 1 aliphatic heterocycles. The van der Waals surface area contributed by atoms with Crippen LogP contribution in [0.25, 0.3) is 0 Å². The van der Waals surface area contributed by atoms with Crippen LogP contribution in [0.4, 0.5) is 5.69 Å². The number of benzene rings is 1. The predicted molar refractivity (Wildman–Crippen MR) is 109 cm³/mol. The van der Waals surface area contributed by atoms with E-state index in [1.807, 2.05) is 19.4 Å². The van der Waals surface area contributed by atoms with E-state index in [4.69, 9.17) is 0 Å². The summed E-state index contributed by atoms with van der Waals surface area (Å²) in [6, 6.07) is 4.97. The molecule has 1 atom stereocenters. The summed E-state index contributed by atoms with van der Waals surface area (Å²) in [4.78, 5) is 30.4. The fraction of sp³-hybridized carbons (Fsp3) is 0.412. The van der Waals surface area contributed by atoms with Crippen LogP contribution in [0.2, 0.25) is 0 Å². The number of likely N-dealkylation sites (N-methyl/N-ethyl adjacent to an activating group) is 1. The zero-order chi connectivity index (χ0) is 18.7. The lowest BCUT2D eigenvalue weighted by Gasteiger charge is -2.32. The molecule has 0 spiro atoms. The van der Waals surface area contributed by atoms with E-state index in [9.17, 15) is 14.9 Å². The first kappa shape index (κ1) is 21.6. The van der Waals surface area contributed by atoms with E-state index < -0.39 is 4.92 Å². The number of carbonyl (C=O) groups is 1. The third-order valence-corrected chi connectivity index (χ3v) is 6.44. The number of halogens is 1. The summed E-state index contributed by atoms with van der Waals surface area (Å²) in [5, 5.41) is 16.6. The van der Waals surface area contributed by atoms with E-state index >= 15 is 0 Å². The molecule has 2 heterocycles. The molecule has 2 aromatic rings. The van der Waals surface area contributed by atoms with Crippen LogP contribution in [0.5, 0.6) is 0 Å². The van der Waals surface area contributed by atoms with Crippen molar-refractivity contribution in [1.29, 1.82) is 0 Å². The highest BCUT2D eigenvalue weighted by atomic mass is 35.5. The van der Waals surface area contributed by atoms with Crippen LogP contribution in [-0.2, 0) is 0 Å². The van der Waals surface area contributed by atoms with Crippen LogP contribution in [0.15, 0.2) is 32.8 Å². The number of carbonyl (C=O) groups excluding carboxylic acids is 1. The zero-order valence-corrected chi connectivity index (χ0v) is 17.5. The number of nitro benzene ring substituents is 1. The number of amides is 1. The minimum Gasteiger partial charge on any atom is -0.337 e. The summed E-state index contributed by atoms with van der Waals surface area (Å²) in [7, 11) is 1.88. The first-order valence-electron chi connectivity index (χ1n) is 8.33. The van der Waals surface area contributed by atoms with Gasteiger partial charge in [0.25, 0.3) is 11.6 Å². The van der Waals surface area contributed by atoms with Crippen LogP contribution >= 0.6 is 35.5 Å². The van der Waals surface area contributed by atoms with Crippen molar-refractivity contribution in [2.75, 3.05) is 20.1 Å². The Balaban J connectivity index is 0.00000261. The number of nitro groups is 1. The zero-order valence-electron chi connectivity index (χ0n) is 15.0. The highest BCUT2D eigenvalue weighted by Crippen LogP contribution is 2.37. The highest BCUT2D eigenvalue weighted by molar-refractivity contribution is 8.01. The van der Waals surface area contributed by atoms with Crippen molar-refractivity contribution >= 4 is 47.1 Å². The van der Waals surface area contributed by atoms with Gasteiger partial charge in [0.2, 0.25) is 0 Å². The number of aromatic nitrogens is 1. The minimum absolute atomic E-state index is 0. The van der Waals surface area contributed by atoms with Crippen molar-refractivity contribution in [1.82, 2.24) is 15.2 Å². The van der Waals surface area contributed by atoms with E-state index in [-0.39, 0.29) is 30.0 Å². The van der Waals surface area contributed by atoms with Crippen LogP contribution in [0, 0.1) is 17.0 Å². The number of thiazole rings is 1. The van der Waals surface area contributed by atoms with Gasteiger partial charge in [0, 0.05) is 41.8 Å². The Morgan fingerprint density at radius 1 is 1.48 bits per heavy atom. The topological polar surface area (TPSA) is 88.4 Å². The van der Waals surface area contributed by atoms with Gasteiger partial charge in [-0.2, -0.15) is 0 Å². The standard InChI is InChI=1S/C17H20N4O3S2.ClH/c1-11-10-25-17(19-11)26-15-6-5-12(8-14(15)21(23)24)16(22)20-7-3-4-13(9-20)18-2;/h5-6,8,10,13,18H,3-4,7,9H2,1-2H3;1H. The molecule has 1 aromatic carbocycles. The van der Waals surface area contributed by atoms with Crippen LogP contribution in [0.1, 0.15) is 28.9 Å². The van der Waals surface area contributed by atoms with Crippen LogP contribution in [0.3, 0.4) is 0 Å². The smallest absolute Gasteiger partial charge is 0.284 e. The largest absolute Gasteiger partial charge is 0.337 e. The normalized spacial score (nSPS) is 16.7. The summed E-state index contributed by atoms with van der Waals surface area (Å²) < 4.78 is 0.748. The second-order valence-electron chi connectivity index (χ2n) is 6.18. The molecule has 0 aliphatic carbocycles. The molecule has 27 heavy (non-hydrogen) atoms. The summed E-state index contributed by atoms with van der Waals surface area (Å²) in [6.07, 6.45) is 1.96. The van der Waals surface area contributed by atoms with Gasteiger partial charge in [-0.25, -0.2) is 4.98 Å². The van der Waals surface area contributed by atoms with Crippen molar-refractivity contribution in [3.8, 4) is 0 Å². The fourth-order valence-electron chi connectivity index (χ4n) is 2.93. The van der Waals surface area contributed by atoms with E-state index in [2.05, 4.69) is 10.3 Å². The second-order valence-corrected chi connectivity index (χ2v) is 8.32. The van der Waals surface area contributed by atoms with Crippen LogP contribution in [-0.4, -0.2) is 46.9 Å². The lowest BCUT2D eigenvalue weighted by Crippen LogP contribution is -2.46. The van der Waals surface area contributed by atoms with Crippen LogP contribution < -0.4 is 5.32 Å². The number of likely N-dealkylation sites (tertiary alicyclic amines) is 1. The number of hydrogen-bond donors (Lipinski definition) is 1. The number of aryl methyl sites for hydroxylation is 1. The van der Waals surface area contributed by atoms with E-state index in [1.54, 1.807) is 17.0 Å². The maximum atomic E-state index is 12.8. The number of nitrogens with zero attached hydrogens (tertiary/aromatic N) is 3. The molecular weight excluding hydrogens is 408 g/mol. The molecule has 1 saturated heterocycles. The molecule has 1 amide bonds. The summed E-state index contributed by atoms with van der Waals surface area (Å²) >= 11 is 2.70. The first-order chi connectivity index (χ1) is 12.5. The van der Waals surface area contributed by atoms with Crippen molar-refractivity contribution in [3.05, 3.63) is 45.0 Å². The molecule has 146 valence electrons. The van der Waals surface area contributed by atoms with Crippen molar-refractivity contribution in [2.24, 2.45) is 0 Å². The fourth-order valence-corrected chi connectivity index (χ4v) is 4.81. The predicted octanol–water partition coefficient (Wildman–Crippen LogP) is 3.76. The molecule has 0 bridgehead atoms.